The Labute approximate surface area is 77.9 Å². The van der Waals surface area contributed by atoms with Crippen molar-refractivity contribution in [2.24, 2.45) is 0 Å². The normalized spacial score (nSPS) is 45.7. The van der Waals surface area contributed by atoms with E-state index in [0.29, 0.717) is 13.2 Å². The van der Waals surface area contributed by atoms with Gasteiger partial charge in [0.15, 0.2) is 0 Å². The molecule has 1 aliphatic heterocycles. The molecule has 13 heavy (non-hydrogen) atoms. The van der Waals surface area contributed by atoms with Gasteiger partial charge in [-0.2, -0.15) is 0 Å². The lowest BCUT2D eigenvalue weighted by Gasteiger charge is -2.22. The van der Waals surface area contributed by atoms with Crippen molar-refractivity contribution in [2.75, 3.05) is 13.2 Å². The van der Waals surface area contributed by atoms with E-state index in [2.05, 4.69) is 5.32 Å². The zero-order chi connectivity index (χ0) is 9.26. The van der Waals surface area contributed by atoms with Gasteiger partial charge in [0.05, 0.1) is 31.5 Å². The Morgan fingerprint density at radius 2 is 1.85 bits per heavy atom. The minimum absolute atomic E-state index is 0.0118. The number of aliphatic hydroxyl groups excluding tert-OH is 2. The van der Waals surface area contributed by atoms with Crippen LogP contribution in [0.1, 0.15) is 19.3 Å². The van der Waals surface area contributed by atoms with Crippen molar-refractivity contribution in [3.8, 4) is 0 Å². The number of nitrogens with one attached hydrogen (secondary N) is 1. The average molecular weight is 187 g/mol. The molecule has 0 spiro atoms. The molecule has 0 aromatic carbocycles. The van der Waals surface area contributed by atoms with Gasteiger partial charge in [0.2, 0.25) is 0 Å². The van der Waals surface area contributed by atoms with Crippen molar-refractivity contribution in [2.45, 2.75) is 43.6 Å². The quantitative estimate of drug-likeness (QED) is 0.532. The fourth-order valence-corrected chi connectivity index (χ4v) is 2.11. The molecule has 4 nitrogen and oxygen atoms in total. The maximum absolute atomic E-state index is 9.55. The predicted molar refractivity (Wildman–Crippen MR) is 47.4 cm³/mol. The summed E-state index contributed by atoms with van der Waals surface area (Å²) < 4.78 is 5.12. The van der Waals surface area contributed by atoms with Crippen LogP contribution in [0, 0.1) is 0 Å². The molecule has 0 bridgehead atoms. The van der Waals surface area contributed by atoms with Crippen LogP contribution >= 0.6 is 0 Å². The number of aliphatic hydroxyl groups is 2. The second kappa shape index (κ2) is 3.92. The number of hydrogen-bond donors (Lipinski definition) is 3. The maximum atomic E-state index is 9.55. The van der Waals surface area contributed by atoms with Crippen molar-refractivity contribution >= 4 is 0 Å². The van der Waals surface area contributed by atoms with Crippen LogP contribution in [-0.4, -0.2) is 47.7 Å². The van der Waals surface area contributed by atoms with Gasteiger partial charge in [-0.05, 0) is 19.3 Å². The molecule has 4 atom stereocenters. The smallest absolute Gasteiger partial charge is 0.0948 e. The Balaban J connectivity index is 1.82. The maximum Gasteiger partial charge on any atom is 0.0948 e. The first kappa shape index (κ1) is 9.40. The zero-order valence-electron chi connectivity index (χ0n) is 7.65. The van der Waals surface area contributed by atoms with E-state index < -0.39 is 6.10 Å². The van der Waals surface area contributed by atoms with Gasteiger partial charge >= 0.3 is 0 Å². The minimum Gasteiger partial charge on any atom is -0.392 e. The Morgan fingerprint density at radius 3 is 2.38 bits per heavy atom. The predicted octanol–water partition coefficient (Wildman–Crippen LogP) is -0.751. The van der Waals surface area contributed by atoms with Crippen LogP contribution in [-0.2, 0) is 4.74 Å². The average Bonchev–Trinajstić information content (AvgIpc) is 2.65. The van der Waals surface area contributed by atoms with Crippen LogP contribution in [0.3, 0.4) is 0 Å². The molecular formula is C9H17NO3. The zero-order valence-corrected chi connectivity index (χ0v) is 7.65. The first-order valence-electron chi connectivity index (χ1n) is 4.97. The standard InChI is InChI=1S/C9H17NO3/c11-8-3-1-2-6(8)10-7-4-13-5-9(7)12/h6-12H,1-5H2/t6-,7+,8-,9+/m0/s1. The van der Waals surface area contributed by atoms with E-state index in [0.717, 1.165) is 19.3 Å². The molecule has 0 aromatic heterocycles. The van der Waals surface area contributed by atoms with Crippen LogP contribution in [0.25, 0.3) is 0 Å². The molecule has 2 rings (SSSR count). The van der Waals surface area contributed by atoms with E-state index in [4.69, 9.17) is 4.74 Å². The van der Waals surface area contributed by atoms with Crippen LogP contribution in [0.5, 0.6) is 0 Å². The molecular weight excluding hydrogens is 170 g/mol. The first-order chi connectivity index (χ1) is 6.27. The highest BCUT2D eigenvalue weighted by molar-refractivity contribution is 4.89. The van der Waals surface area contributed by atoms with Crippen molar-refractivity contribution < 1.29 is 14.9 Å². The highest BCUT2D eigenvalue weighted by Crippen LogP contribution is 2.20. The van der Waals surface area contributed by atoms with Crippen LogP contribution in [0.2, 0.25) is 0 Å². The van der Waals surface area contributed by atoms with E-state index in [9.17, 15) is 10.2 Å². The summed E-state index contributed by atoms with van der Waals surface area (Å²) in [7, 11) is 0. The molecule has 0 unspecified atom stereocenters. The van der Waals surface area contributed by atoms with Crippen LogP contribution in [0.4, 0.5) is 0 Å². The molecule has 1 heterocycles. The summed E-state index contributed by atoms with van der Waals surface area (Å²) in [5.74, 6) is 0. The molecule has 76 valence electrons. The van der Waals surface area contributed by atoms with Gasteiger partial charge in [0.25, 0.3) is 0 Å². The SMILES string of the molecule is O[C@@H]1COC[C@H]1N[C@H]1CCC[C@@H]1O. The fourth-order valence-electron chi connectivity index (χ4n) is 2.11. The second-order valence-electron chi connectivity index (χ2n) is 3.98. The largest absolute Gasteiger partial charge is 0.392 e. The van der Waals surface area contributed by atoms with Crippen molar-refractivity contribution in [3.63, 3.8) is 0 Å². The molecule has 0 aromatic rings. The third-order valence-electron chi connectivity index (χ3n) is 2.96. The molecule has 0 radical (unpaired) electrons. The molecule has 1 saturated heterocycles. The van der Waals surface area contributed by atoms with E-state index in [1.54, 1.807) is 0 Å². The van der Waals surface area contributed by atoms with Gasteiger partial charge in [0.1, 0.15) is 0 Å². The van der Waals surface area contributed by atoms with E-state index >= 15 is 0 Å². The summed E-state index contributed by atoms with van der Waals surface area (Å²) in [6.45, 7) is 0.977. The van der Waals surface area contributed by atoms with Crippen molar-refractivity contribution in [1.82, 2.24) is 5.32 Å². The molecule has 2 fully saturated rings. The summed E-state index contributed by atoms with van der Waals surface area (Å²) >= 11 is 0. The van der Waals surface area contributed by atoms with Gasteiger partial charge < -0.3 is 20.3 Å². The van der Waals surface area contributed by atoms with E-state index in [-0.39, 0.29) is 18.2 Å². The van der Waals surface area contributed by atoms with Crippen LogP contribution in [0.15, 0.2) is 0 Å². The lowest BCUT2D eigenvalue weighted by atomic mass is 10.1. The first-order valence-corrected chi connectivity index (χ1v) is 4.97. The van der Waals surface area contributed by atoms with Crippen molar-refractivity contribution in [1.29, 1.82) is 0 Å². The molecule has 0 amide bonds. The number of ether oxygens (including phenoxy) is 1. The molecule has 1 saturated carbocycles. The third kappa shape index (κ3) is 2.02. The molecule has 1 aliphatic carbocycles. The van der Waals surface area contributed by atoms with Gasteiger partial charge in [-0.3, -0.25) is 0 Å². The van der Waals surface area contributed by atoms with Gasteiger partial charge in [-0.25, -0.2) is 0 Å². The fraction of sp³-hybridized carbons (Fsp3) is 1.00. The third-order valence-corrected chi connectivity index (χ3v) is 2.96. The van der Waals surface area contributed by atoms with Crippen LogP contribution < -0.4 is 5.32 Å². The molecule has 4 heteroatoms. The lowest BCUT2D eigenvalue weighted by molar-refractivity contribution is 0.109. The summed E-state index contributed by atoms with van der Waals surface area (Å²) in [6.07, 6.45) is 2.30. The van der Waals surface area contributed by atoms with Crippen molar-refractivity contribution in [3.05, 3.63) is 0 Å². The molecule has 2 aliphatic rings. The monoisotopic (exact) mass is 187 g/mol. The Morgan fingerprint density at radius 1 is 1.00 bits per heavy atom. The highest BCUT2D eigenvalue weighted by atomic mass is 16.5. The van der Waals surface area contributed by atoms with Gasteiger partial charge in [0, 0.05) is 6.04 Å². The highest BCUT2D eigenvalue weighted by Gasteiger charge is 2.32. The number of rotatable bonds is 2. The van der Waals surface area contributed by atoms with E-state index in [1.807, 2.05) is 0 Å². The summed E-state index contributed by atoms with van der Waals surface area (Å²) in [5.41, 5.74) is 0. The van der Waals surface area contributed by atoms with E-state index in [1.165, 1.54) is 0 Å². The second-order valence-corrected chi connectivity index (χ2v) is 3.98. The Kier molecular flexibility index (Phi) is 2.83. The van der Waals surface area contributed by atoms with Gasteiger partial charge in [-0.15, -0.1) is 0 Å². The topological polar surface area (TPSA) is 61.7 Å². The Bertz CT molecular complexity index is 158. The summed E-state index contributed by atoms with van der Waals surface area (Å²) in [6, 6.07) is 0.166. The molecule has 3 N–H and O–H groups in total. The lowest BCUT2D eigenvalue weighted by Crippen LogP contribution is -2.47. The summed E-state index contributed by atoms with van der Waals surface area (Å²) in [4.78, 5) is 0. The Hall–Kier alpha value is -0.160. The van der Waals surface area contributed by atoms with Gasteiger partial charge in [-0.1, -0.05) is 0 Å². The summed E-state index contributed by atoms with van der Waals surface area (Å²) in [5, 5.41) is 22.3. The number of hydrogen-bond acceptors (Lipinski definition) is 4. The minimum atomic E-state index is -0.409.